The van der Waals surface area contributed by atoms with E-state index in [1.807, 2.05) is 0 Å². The van der Waals surface area contributed by atoms with Crippen molar-refractivity contribution in [3.05, 3.63) is 38.7 Å². The maximum absolute atomic E-state index is 11.7. The Morgan fingerprint density at radius 3 is 2.56 bits per heavy atom. The molecule has 0 aliphatic heterocycles. The molecule has 0 fully saturated rings. The van der Waals surface area contributed by atoms with Crippen LogP contribution in [0.4, 0.5) is 5.69 Å². The molecule has 0 aliphatic rings. The second kappa shape index (κ2) is 4.02. The topological polar surface area (TPSA) is 106 Å². The third-order valence-corrected chi connectivity index (χ3v) is 2.73. The molecule has 0 radical (unpaired) electrons. The lowest BCUT2D eigenvalue weighted by Crippen LogP contribution is -2.19. The predicted octanol–water partition coefficient (Wildman–Crippen LogP) is 1.34. The number of aromatic hydroxyl groups is 2. The molecule has 0 aliphatic carbocycles. The number of nitro groups is 1. The summed E-state index contributed by atoms with van der Waals surface area (Å²) in [4.78, 5) is 21.8. The highest BCUT2D eigenvalue weighted by Gasteiger charge is 2.17. The van der Waals surface area contributed by atoms with Crippen LogP contribution in [0.15, 0.2) is 23.0 Å². The van der Waals surface area contributed by atoms with Gasteiger partial charge in [0.05, 0.1) is 10.4 Å². The number of nitro benzene ring substituents is 1. The summed E-state index contributed by atoms with van der Waals surface area (Å²) >= 11 is 0. The van der Waals surface area contributed by atoms with Gasteiger partial charge in [0.15, 0.2) is 5.75 Å². The molecular weight excluding hydrogens is 240 g/mol. The van der Waals surface area contributed by atoms with Gasteiger partial charge in [-0.25, -0.2) is 0 Å². The Labute approximate surface area is 101 Å². The molecule has 0 saturated heterocycles. The Morgan fingerprint density at radius 1 is 1.33 bits per heavy atom. The van der Waals surface area contributed by atoms with Crippen LogP contribution in [-0.2, 0) is 6.54 Å². The Hall–Kier alpha value is -2.57. The second-order valence-electron chi connectivity index (χ2n) is 3.71. The van der Waals surface area contributed by atoms with Gasteiger partial charge in [-0.15, -0.1) is 0 Å². The minimum atomic E-state index is -0.775. The first-order chi connectivity index (χ1) is 8.47. The smallest absolute Gasteiger partial charge is 0.297 e. The van der Waals surface area contributed by atoms with Gasteiger partial charge in [0.2, 0.25) is 5.75 Å². The van der Waals surface area contributed by atoms with E-state index in [0.29, 0.717) is 0 Å². The fourth-order valence-corrected chi connectivity index (χ4v) is 1.84. The number of fused-ring (bicyclic) bond motifs is 1. The van der Waals surface area contributed by atoms with Crippen LogP contribution in [0.3, 0.4) is 0 Å². The van der Waals surface area contributed by atoms with Crippen molar-refractivity contribution in [2.24, 2.45) is 0 Å². The molecule has 18 heavy (non-hydrogen) atoms. The van der Waals surface area contributed by atoms with E-state index in [4.69, 9.17) is 0 Å². The van der Waals surface area contributed by atoms with Gasteiger partial charge in [0.1, 0.15) is 0 Å². The lowest BCUT2D eigenvalue weighted by atomic mass is 10.1. The number of hydrogen-bond donors (Lipinski definition) is 2. The van der Waals surface area contributed by atoms with Gasteiger partial charge >= 0.3 is 0 Å². The van der Waals surface area contributed by atoms with Crippen molar-refractivity contribution >= 4 is 16.6 Å². The van der Waals surface area contributed by atoms with Gasteiger partial charge in [0.25, 0.3) is 11.2 Å². The van der Waals surface area contributed by atoms with Crippen molar-refractivity contribution in [1.82, 2.24) is 4.57 Å². The van der Waals surface area contributed by atoms with E-state index in [-0.39, 0.29) is 23.1 Å². The third-order valence-electron chi connectivity index (χ3n) is 2.73. The first-order valence-corrected chi connectivity index (χ1v) is 5.20. The van der Waals surface area contributed by atoms with Gasteiger partial charge in [-0.3, -0.25) is 14.9 Å². The second-order valence-corrected chi connectivity index (χ2v) is 3.71. The van der Waals surface area contributed by atoms with Crippen LogP contribution in [0, 0.1) is 10.1 Å². The molecule has 2 aromatic rings. The van der Waals surface area contributed by atoms with E-state index in [9.17, 15) is 25.1 Å². The number of hydrogen-bond acceptors (Lipinski definition) is 5. The fraction of sp³-hybridized carbons (Fsp3) is 0.182. The average molecular weight is 250 g/mol. The molecule has 7 heteroatoms. The molecule has 0 atom stereocenters. The SMILES string of the molecule is CCn1c(=O)c(O)c(O)c2ccc([N+](=O)[O-])cc21. The lowest BCUT2D eigenvalue weighted by molar-refractivity contribution is -0.384. The van der Waals surface area contributed by atoms with Crippen LogP contribution >= 0.6 is 0 Å². The van der Waals surface area contributed by atoms with Crippen molar-refractivity contribution in [3.63, 3.8) is 0 Å². The van der Waals surface area contributed by atoms with Crippen molar-refractivity contribution in [3.8, 4) is 11.5 Å². The molecule has 0 amide bonds. The number of pyridine rings is 1. The number of rotatable bonds is 2. The van der Waals surface area contributed by atoms with Crippen molar-refractivity contribution in [2.75, 3.05) is 0 Å². The third kappa shape index (κ3) is 1.56. The number of non-ortho nitro benzene ring substituents is 1. The summed E-state index contributed by atoms with van der Waals surface area (Å²) in [6.45, 7) is 1.89. The first kappa shape index (κ1) is 11.9. The number of aromatic nitrogens is 1. The summed E-state index contributed by atoms with van der Waals surface area (Å²) in [5.74, 6) is -1.31. The molecule has 2 N–H and O–H groups in total. The van der Waals surface area contributed by atoms with Crippen LogP contribution in [0.1, 0.15) is 6.92 Å². The summed E-state index contributed by atoms with van der Waals surface area (Å²) < 4.78 is 1.16. The minimum Gasteiger partial charge on any atom is -0.504 e. The number of nitrogens with zero attached hydrogens (tertiary/aromatic N) is 2. The zero-order valence-corrected chi connectivity index (χ0v) is 9.45. The molecule has 0 bridgehead atoms. The summed E-state index contributed by atoms with van der Waals surface area (Å²) in [6.07, 6.45) is 0. The van der Waals surface area contributed by atoms with Crippen LogP contribution in [0.2, 0.25) is 0 Å². The van der Waals surface area contributed by atoms with Gasteiger partial charge in [-0.05, 0) is 13.0 Å². The molecule has 0 saturated carbocycles. The van der Waals surface area contributed by atoms with Crippen LogP contribution < -0.4 is 5.56 Å². The standard InChI is InChI=1S/C11H10N2O5/c1-2-12-8-5-6(13(17)18)3-4-7(8)9(14)10(15)11(12)16/h3-5,14-15H,2H2,1H3. The van der Waals surface area contributed by atoms with Crippen LogP contribution in [0.25, 0.3) is 10.9 Å². The molecule has 2 rings (SSSR count). The summed E-state index contributed by atoms with van der Waals surface area (Å²) in [7, 11) is 0. The molecule has 1 aromatic carbocycles. The zero-order chi connectivity index (χ0) is 13.4. The highest BCUT2D eigenvalue weighted by molar-refractivity contribution is 5.89. The van der Waals surface area contributed by atoms with Crippen molar-refractivity contribution in [2.45, 2.75) is 13.5 Å². The van der Waals surface area contributed by atoms with Crippen molar-refractivity contribution < 1.29 is 15.1 Å². The van der Waals surface area contributed by atoms with E-state index >= 15 is 0 Å². The summed E-state index contributed by atoms with van der Waals surface area (Å²) in [6, 6.07) is 3.69. The Morgan fingerprint density at radius 2 is 2.00 bits per heavy atom. The Bertz CT molecular complexity index is 705. The van der Waals surface area contributed by atoms with Gasteiger partial charge < -0.3 is 14.8 Å². The Kier molecular flexibility index (Phi) is 2.66. The summed E-state index contributed by atoms with van der Waals surface area (Å²) in [5.41, 5.74) is -0.746. The number of benzene rings is 1. The van der Waals surface area contributed by atoms with Crippen LogP contribution in [-0.4, -0.2) is 19.7 Å². The fourth-order valence-electron chi connectivity index (χ4n) is 1.84. The molecule has 1 aromatic heterocycles. The maximum atomic E-state index is 11.7. The first-order valence-electron chi connectivity index (χ1n) is 5.20. The highest BCUT2D eigenvalue weighted by atomic mass is 16.6. The molecule has 0 unspecified atom stereocenters. The quantitative estimate of drug-likeness (QED) is 0.618. The van der Waals surface area contributed by atoms with E-state index in [1.165, 1.54) is 18.2 Å². The van der Waals surface area contributed by atoms with E-state index in [0.717, 1.165) is 4.57 Å². The van der Waals surface area contributed by atoms with E-state index in [2.05, 4.69) is 0 Å². The van der Waals surface area contributed by atoms with Gasteiger partial charge in [0, 0.05) is 24.1 Å². The average Bonchev–Trinajstić information content (AvgIpc) is 2.36. The maximum Gasteiger partial charge on any atom is 0.297 e. The van der Waals surface area contributed by atoms with E-state index in [1.54, 1.807) is 6.92 Å². The normalized spacial score (nSPS) is 10.7. The monoisotopic (exact) mass is 250 g/mol. The molecule has 0 spiro atoms. The molecule has 94 valence electrons. The minimum absolute atomic E-state index is 0.186. The van der Waals surface area contributed by atoms with Gasteiger partial charge in [-0.2, -0.15) is 0 Å². The van der Waals surface area contributed by atoms with Crippen molar-refractivity contribution in [1.29, 1.82) is 0 Å². The zero-order valence-electron chi connectivity index (χ0n) is 9.45. The largest absolute Gasteiger partial charge is 0.504 e. The molecule has 1 heterocycles. The highest BCUT2D eigenvalue weighted by Crippen LogP contribution is 2.32. The number of aryl methyl sites for hydroxylation is 1. The lowest BCUT2D eigenvalue weighted by Gasteiger charge is -2.10. The molecular formula is C11H10N2O5. The van der Waals surface area contributed by atoms with Crippen LogP contribution in [0.5, 0.6) is 11.5 Å². The predicted molar refractivity (Wildman–Crippen MR) is 63.9 cm³/mol. The van der Waals surface area contributed by atoms with Gasteiger partial charge in [-0.1, -0.05) is 0 Å². The Balaban J connectivity index is 2.97. The molecule has 7 nitrogen and oxygen atoms in total. The summed E-state index contributed by atoms with van der Waals surface area (Å²) in [5, 5.41) is 30.0. The van der Waals surface area contributed by atoms with E-state index < -0.39 is 22.0 Å².